The smallest absolute Gasteiger partial charge is 0.137 e. The highest BCUT2D eigenvalue weighted by atomic mass is 35.5. The Morgan fingerprint density at radius 2 is 1.86 bits per heavy atom. The van der Waals surface area contributed by atoms with E-state index in [0.29, 0.717) is 11.7 Å². The number of benzene rings is 1. The quantitative estimate of drug-likeness (QED) is 0.748. The summed E-state index contributed by atoms with van der Waals surface area (Å²) in [5.74, 6) is 1.65. The topological polar surface area (TPSA) is 29.0 Å². The van der Waals surface area contributed by atoms with Crippen LogP contribution in [0.25, 0.3) is 0 Å². The van der Waals surface area contributed by atoms with Crippen LogP contribution >= 0.6 is 23.2 Å². The van der Waals surface area contributed by atoms with Crippen LogP contribution in [0.1, 0.15) is 30.3 Å². The van der Waals surface area contributed by atoms with Crippen LogP contribution in [0.15, 0.2) is 24.3 Å². The molecule has 3 nitrogen and oxygen atoms in total. The molecule has 1 aromatic heterocycles. The molecule has 1 heterocycles. The molecule has 1 aromatic carbocycles. The van der Waals surface area contributed by atoms with Gasteiger partial charge in [-0.25, -0.2) is 9.97 Å². The summed E-state index contributed by atoms with van der Waals surface area (Å²) in [4.78, 5) is 11.0. The maximum absolute atomic E-state index is 6.23. The Morgan fingerprint density at radius 1 is 1.14 bits per heavy atom. The number of rotatable bonds is 5. The van der Waals surface area contributed by atoms with Crippen molar-refractivity contribution in [2.75, 3.05) is 11.9 Å². The third-order valence-electron chi connectivity index (χ3n) is 3.31. The molecule has 0 atom stereocenters. The van der Waals surface area contributed by atoms with Crippen molar-refractivity contribution >= 4 is 29.0 Å². The van der Waals surface area contributed by atoms with Gasteiger partial charge in [0.2, 0.25) is 0 Å². The third kappa shape index (κ3) is 3.86. The van der Waals surface area contributed by atoms with Crippen LogP contribution in [0.4, 0.5) is 5.82 Å². The van der Waals surface area contributed by atoms with Crippen molar-refractivity contribution in [2.45, 2.75) is 33.2 Å². The van der Waals surface area contributed by atoms with Gasteiger partial charge in [-0.1, -0.05) is 48.3 Å². The van der Waals surface area contributed by atoms with E-state index in [9.17, 15) is 0 Å². The Balaban J connectivity index is 2.30. The summed E-state index contributed by atoms with van der Waals surface area (Å²) < 4.78 is 0. The summed E-state index contributed by atoms with van der Waals surface area (Å²) in [6.45, 7) is 4.72. The lowest BCUT2D eigenvalue weighted by Gasteiger charge is -2.22. The van der Waals surface area contributed by atoms with Crippen molar-refractivity contribution in [3.05, 3.63) is 51.4 Å². The molecule has 21 heavy (non-hydrogen) atoms. The van der Waals surface area contributed by atoms with Gasteiger partial charge in [0, 0.05) is 30.6 Å². The molecule has 0 unspecified atom stereocenters. The molecule has 2 aromatic rings. The molecular weight excluding hydrogens is 305 g/mol. The standard InChI is InChI=1S/C16H19Cl2N3/c1-4-7-14-19-15(18)11(2)16(20-14)21(3)10-12-8-5-6-9-13(12)17/h5-6,8-9H,4,7,10H2,1-3H3. The second kappa shape index (κ2) is 7.10. The van der Waals surface area contributed by atoms with Crippen LogP contribution < -0.4 is 4.90 Å². The highest BCUT2D eigenvalue weighted by molar-refractivity contribution is 6.31. The van der Waals surface area contributed by atoms with E-state index in [1.165, 1.54) is 0 Å². The number of nitrogens with zero attached hydrogens (tertiary/aromatic N) is 3. The molecule has 5 heteroatoms. The summed E-state index contributed by atoms with van der Waals surface area (Å²) in [7, 11) is 1.99. The average Bonchev–Trinajstić information content (AvgIpc) is 2.45. The SMILES string of the molecule is CCCc1nc(Cl)c(C)c(N(C)Cc2ccccc2Cl)n1. The largest absolute Gasteiger partial charge is 0.355 e. The Kier molecular flexibility index (Phi) is 5.43. The lowest BCUT2D eigenvalue weighted by atomic mass is 10.2. The van der Waals surface area contributed by atoms with Crippen LogP contribution in [0, 0.1) is 6.92 Å². The minimum Gasteiger partial charge on any atom is -0.355 e. The monoisotopic (exact) mass is 323 g/mol. The Labute approximate surface area is 135 Å². The fourth-order valence-corrected chi connectivity index (χ4v) is 2.56. The van der Waals surface area contributed by atoms with Crippen molar-refractivity contribution in [3.63, 3.8) is 0 Å². The molecule has 0 aliphatic heterocycles. The molecule has 0 aliphatic carbocycles. The summed E-state index contributed by atoms with van der Waals surface area (Å²) in [6.07, 6.45) is 1.82. The Morgan fingerprint density at radius 3 is 2.52 bits per heavy atom. The predicted octanol–water partition coefficient (Wildman–Crippen LogP) is 4.68. The number of hydrogen-bond donors (Lipinski definition) is 0. The molecule has 112 valence electrons. The van der Waals surface area contributed by atoms with Crippen molar-refractivity contribution in [3.8, 4) is 0 Å². The fourth-order valence-electron chi connectivity index (χ4n) is 2.18. The summed E-state index contributed by atoms with van der Waals surface area (Å²) in [5, 5.41) is 1.28. The molecule has 0 radical (unpaired) electrons. The lowest BCUT2D eigenvalue weighted by molar-refractivity contribution is 0.806. The first-order valence-electron chi connectivity index (χ1n) is 7.00. The minimum absolute atomic E-state index is 0.523. The molecule has 0 fully saturated rings. The number of aromatic nitrogens is 2. The van der Waals surface area contributed by atoms with E-state index in [2.05, 4.69) is 21.8 Å². The van der Waals surface area contributed by atoms with Crippen molar-refractivity contribution in [1.29, 1.82) is 0 Å². The number of aryl methyl sites for hydroxylation is 1. The van der Waals surface area contributed by atoms with Gasteiger partial charge in [0.1, 0.15) is 16.8 Å². The van der Waals surface area contributed by atoms with E-state index in [0.717, 1.165) is 40.6 Å². The van der Waals surface area contributed by atoms with E-state index in [1.54, 1.807) is 0 Å². The third-order valence-corrected chi connectivity index (χ3v) is 4.04. The normalized spacial score (nSPS) is 10.7. The summed E-state index contributed by atoms with van der Waals surface area (Å²) in [6, 6.07) is 7.83. The van der Waals surface area contributed by atoms with E-state index < -0.39 is 0 Å². The summed E-state index contributed by atoms with van der Waals surface area (Å²) >= 11 is 12.5. The fraction of sp³-hybridized carbons (Fsp3) is 0.375. The molecule has 0 amide bonds. The second-order valence-corrected chi connectivity index (χ2v) is 5.84. The van der Waals surface area contributed by atoms with Crippen molar-refractivity contribution < 1.29 is 0 Å². The zero-order valence-corrected chi connectivity index (χ0v) is 14.0. The zero-order valence-electron chi connectivity index (χ0n) is 12.5. The van der Waals surface area contributed by atoms with Crippen LogP contribution in [0.5, 0.6) is 0 Å². The van der Waals surface area contributed by atoms with Gasteiger partial charge in [-0.05, 0) is 25.0 Å². The van der Waals surface area contributed by atoms with Crippen molar-refractivity contribution in [1.82, 2.24) is 9.97 Å². The Bertz CT molecular complexity index is 629. The first-order valence-corrected chi connectivity index (χ1v) is 7.76. The highest BCUT2D eigenvalue weighted by Crippen LogP contribution is 2.25. The first kappa shape index (κ1) is 16.1. The van der Waals surface area contributed by atoms with Crippen LogP contribution in [-0.2, 0) is 13.0 Å². The maximum Gasteiger partial charge on any atom is 0.137 e. The predicted molar refractivity (Wildman–Crippen MR) is 89.3 cm³/mol. The van der Waals surface area contributed by atoms with E-state index in [4.69, 9.17) is 23.2 Å². The maximum atomic E-state index is 6.23. The highest BCUT2D eigenvalue weighted by Gasteiger charge is 2.14. The zero-order chi connectivity index (χ0) is 15.4. The van der Waals surface area contributed by atoms with Gasteiger partial charge >= 0.3 is 0 Å². The molecule has 0 saturated heterocycles. The van der Waals surface area contributed by atoms with Crippen LogP contribution in [0.2, 0.25) is 10.2 Å². The average molecular weight is 324 g/mol. The van der Waals surface area contributed by atoms with Gasteiger partial charge in [-0.3, -0.25) is 0 Å². The van der Waals surface area contributed by atoms with Gasteiger partial charge < -0.3 is 4.90 Å². The van der Waals surface area contributed by atoms with Gasteiger partial charge in [-0.2, -0.15) is 0 Å². The molecule has 0 spiro atoms. The van der Waals surface area contributed by atoms with Crippen LogP contribution in [0.3, 0.4) is 0 Å². The van der Waals surface area contributed by atoms with Gasteiger partial charge in [-0.15, -0.1) is 0 Å². The van der Waals surface area contributed by atoms with Gasteiger partial charge in [0.25, 0.3) is 0 Å². The van der Waals surface area contributed by atoms with Gasteiger partial charge in [0.15, 0.2) is 0 Å². The second-order valence-electron chi connectivity index (χ2n) is 5.08. The lowest BCUT2D eigenvalue weighted by Crippen LogP contribution is -2.20. The molecule has 0 bridgehead atoms. The van der Waals surface area contributed by atoms with Gasteiger partial charge in [0.05, 0.1) is 0 Å². The van der Waals surface area contributed by atoms with Crippen molar-refractivity contribution in [2.24, 2.45) is 0 Å². The minimum atomic E-state index is 0.523. The van der Waals surface area contributed by atoms with E-state index >= 15 is 0 Å². The Hall–Kier alpha value is -1.32. The molecular formula is C16H19Cl2N3. The number of halogens is 2. The number of hydrogen-bond acceptors (Lipinski definition) is 3. The summed E-state index contributed by atoms with van der Waals surface area (Å²) in [5.41, 5.74) is 1.96. The first-order chi connectivity index (χ1) is 10.0. The molecule has 0 aliphatic rings. The van der Waals surface area contributed by atoms with E-state index in [1.807, 2.05) is 38.2 Å². The molecule has 0 saturated carbocycles. The molecule has 0 N–H and O–H groups in total. The number of anilines is 1. The van der Waals surface area contributed by atoms with Crippen LogP contribution in [-0.4, -0.2) is 17.0 Å². The van der Waals surface area contributed by atoms with E-state index in [-0.39, 0.29) is 0 Å². The molecule has 2 rings (SSSR count).